The van der Waals surface area contributed by atoms with E-state index in [4.69, 9.17) is 0 Å². The van der Waals surface area contributed by atoms with Crippen LogP contribution in [0.25, 0.3) is 10.9 Å². The van der Waals surface area contributed by atoms with Crippen LogP contribution in [0.15, 0.2) is 24.4 Å². The maximum atomic E-state index is 13.1. The molecule has 0 spiro atoms. The van der Waals surface area contributed by atoms with Crippen molar-refractivity contribution in [1.29, 1.82) is 0 Å². The van der Waals surface area contributed by atoms with Gasteiger partial charge < -0.3 is 9.88 Å². The Morgan fingerprint density at radius 2 is 2.22 bits per heavy atom. The zero-order valence-electron chi connectivity index (χ0n) is 13.3. The van der Waals surface area contributed by atoms with Crippen LogP contribution in [0.1, 0.15) is 27.3 Å². The molecular weight excluding hydrogens is 295 g/mol. The Bertz CT molecular complexity index is 789. The summed E-state index contributed by atoms with van der Waals surface area (Å²) < 4.78 is 13.1. The summed E-state index contributed by atoms with van der Waals surface area (Å²) in [7, 11) is 0. The molecule has 2 heterocycles. The second kappa shape index (κ2) is 7.59. The second-order valence-corrected chi connectivity index (χ2v) is 4.97. The first-order valence-corrected chi connectivity index (χ1v) is 7.68. The third kappa shape index (κ3) is 3.98. The minimum Gasteiger partial charge on any atom is -0.361 e. The molecule has 5 heteroatoms. The number of hydrogen-bond donors (Lipinski definition) is 1. The normalized spacial score (nSPS) is 13.7. The Morgan fingerprint density at radius 1 is 1.43 bits per heavy atom. The number of nitrogens with one attached hydrogen (secondary N) is 1. The van der Waals surface area contributed by atoms with Crippen molar-refractivity contribution < 1.29 is 15.4 Å². The molecule has 1 aromatic carbocycles. The van der Waals surface area contributed by atoms with E-state index in [1.807, 2.05) is 13.8 Å². The van der Waals surface area contributed by atoms with Gasteiger partial charge in [0.2, 0.25) is 11.7 Å². The van der Waals surface area contributed by atoms with E-state index in [0.717, 1.165) is 10.9 Å². The van der Waals surface area contributed by atoms with Gasteiger partial charge in [-0.1, -0.05) is 19.8 Å². The standard InChI is InChI=1S/C16H13FN2O2.C2H6.H2/c17-12-4-5-14-11(9-18-15(14)8-12)7-16(21)19-6-2-1-3-13(20)10-19;1-2;/h4-5,8-9,18H,2,6-7,10H2;1-2H3;1H. The zero-order chi connectivity index (χ0) is 16.8. The van der Waals surface area contributed by atoms with Crippen molar-refractivity contribution in [2.75, 3.05) is 13.1 Å². The monoisotopic (exact) mass is 316 g/mol. The third-order valence-electron chi connectivity index (χ3n) is 3.49. The number of hydrogen-bond acceptors (Lipinski definition) is 2. The SMILES string of the molecule is CC.O=C1C#CCCN(C(=O)Cc2c[nH]c3cc(F)ccc23)C1.[HH]. The second-order valence-electron chi connectivity index (χ2n) is 4.97. The molecule has 122 valence electrons. The average Bonchev–Trinajstić information content (AvgIpc) is 2.79. The topological polar surface area (TPSA) is 53.2 Å². The maximum absolute atomic E-state index is 13.1. The summed E-state index contributed by atoms with van der Waals surface area (Å²) in [6, 6.07) is 4.42. The van der Waals surface area contributed by atoms with Gasteiger partial charge in [-0.2, -0.15) is 0 Å². The quantitative estimate of drug-likeness (QED) is 0.684. The van der Waals surface area contributed by atoms with Crippen LogP contribution in [0.3, 0.4) is 0 Å². The lowest BCUT2D eigenvalue weighted by Crippen LogP contribution is -2.36. The number of amides is 1. The van der Waals surface area contributed by atoms with Crippen LogP contribution in [0.4, 0.5) is 4.39 Å². The van der Waals surface area contributed by atoms with E-state index >= 15 is 0 Å². The minimum atomic E-state index is -0.322. The number of nitrogens with zero attached hydrogens (tertiary/aromatic N) is 1. The molecule has 4 nitrogen and oxygen atoms in total. The van der Waals surface area contributed by atoms with E-state index in [9.17, 15) is 14.0 Å². The number of fused-ring (bicyclic) bond motifs is 1. The van der Waals surface area contributed by atoms with Crippen LogP contribution in [0, 0.1) is 17.7 Å². The summed E-state index contributed by atoms with van der Waals surface area (Å²) in [5, 5.41) is 0.821. The average molecular weight is 316 g/mol. The molecule has 2 aromatic rings. The number of ketones is 1. The van der Waals surface area contributed by atoms with E-state index in [2.05, 4.69) is 16.8 Å². The van der Waals surface area contributed by atoms with Crippen LogP contribution in [0.2, 0.25) is 0 Å². The molecule has 1 aliphatic rings. The highest BCUT2D eigenvalue weighted by Crippen LogP contribution is 2.20. The number of Topliss-reactive ketones (excluding diaryl/α,β-unsaturated/α-hetero) is 1. The lowest BCUT2D eigenvalue weighted by Gasteiger charge is -2.18. The summed E-state index contributed by atoms with van der Waals surface area (Å²) in [6.07, 6.45) is 2.40. The van der Waals surface area contributed by atoms with E-state index in [1.165, 1.54) is 17.0 Å². The number of benzene rings is 1. The molecular formula is C18H21FN2O2. The Morgan fingerprint density at radius 3 is 3.00 bits per heavy atom. The highest BCUT2D eigenvalue weighted by atomic mass is 19.1. The minimum absolute atomic E-state index is 0. The third-order valence-corrected chi connectivity index (χ3v) is 3.49. The summed E-state index contributed by atoms with van der Waals surface area (Å²) in [5.41, 5.74) is 1.46. The molecule has 1 aromatic heterocycles. The molecule has 0 bridgehead atoms. The van der Waals surface area contributed by atoms with Gasteiger partial charge in [-0.05, 0) is 29.7 Å². The molecule has 0 radical (unpaired) electrons. The van der Waals surface area contributed by atoms with Crippen LogP contribution in [-0.4, -0.2) is 34.7 Å². The Balaban J connectivity index is 0.000000925. The predicted molar refractivity (Wildman–Crippen MR) is 89.4 cm³/mol. The van der Waals surface area contributed by atoms with E-state index < -0.39 is 0 Å². The van der Waals surface area contributed by atoms with Gasteiger partial charge in [0.1, 0.15) is 5.82 Å². The first kappa shape index (κ1) is 16.8. The van der Waals surface area contributed by atoms with Crippen molar-refractivity contribution in [2.24, 2.45) is 0 Å². The number of H-pyrrole nitrogens is 1. The Labute approximate surface area is 136 Å². The molecule has 0 atom stereocenters. The van der Waals surface area contributed by atoms with E-state index in [-0.39, 0.29) is 31.9 Å². The molecule has 3 rings (SSSR count). The molecule has 1 aliphatic heterocycles. The predicted octanol–water partition coefficient (Wildman–Crippen LogP) is 2.93. The maximum Gasteiger partial charge on any atom is 0.227 e. The molecule has 0 fully saturated rings. The first-order chi connectivity index (χ1) is 11.1. The Hall–Kier alpha value is -2.61. The van der Waals surface area contributed by atoms with Crippen molar-refractivity contribution in [3.8, 4) is 11.8 Å². The van der Waals surface area contributed by atoms with Crippen molar-refractivity contribution >= 4 is 22.6 Å². The van der Waals surface area contributed by atoms with E-state index in [1.54, 1.807) is 12.3 Å². The number of aromatic amines is 1. The van der Waals surface area contributed by atoms with Gasteiger partial charge in [0.15, 0.2) is 0 Å². The smallest absolute Gasteiger partial charge is 0.227 e. The van der Waals surface area contributed by atoms with Gasteiger partial charge in [-0.3, -0.25) is 9.59 Å². The van der Waals surface area contributed by atoms with Gasteiger partial charge in [0, 0.05) is 31.5 Å². The van der Waals surface area contributed by atoms with Crippen molar-refractivity contribution in [1.82, 2.24) is 9.88 Å². The van der Waals surface area contributed by atoms with Crippen LogP contribution < -0.4 is 0 Å². The summed E-state index contributed by atoms with van der Waals surface area (Å²) in [6.45, 7) is 4.51. The lowest BCUT2D eigenvalue weighted by atomic mass is 10.1. The summed E-state index contributed by atoms with van der Waals surface area (Å²) >= 11 is 0. The van der Waals surface area contributed by atoms with Gasteiger partial charge in [0.25, 0.3) is 0 Å². The number of aromatic nitrogens is 1. The van der Waals surface area contributed by atoms with Crippen molar-refractivity contribution in [2.45, 2.75) is 26.7 Å². The van der Waals surface area contributed by atoms with Crippen LogP contribution in [0.5, 0.6) is 0 Å². The first-order valence-electron chi connectivity index (χ1n) is 7.68. The van der Waals surface area contributed by atoms with Crippen molar-refractivity contribution in [3.63, 3.8) is 0 Å². The van der Waals surface area contributed by atoms with Crippen LogP contribution in [-0.2, 0) is 16.0 Å². The number of carbonyl (C=O) groups excluding carboxylic acids is 2. The molecule has 1 N–H and O–H groups in total. The van der Waals surface area contributed by atoms with Gasteiger partial charge in [0.05, 0.1) is 13.0 Å². The zero-order valence-corrected chi connectivity index (χ0v) is 13.3. The fourth-order valence-electron chi connectivity index (χ4n) is 2.44. The summed E-state index contributed by atoms with van der Waals surface area (Å²) in [5.74, 6) is 4.55. The molecule has 0 saturated carbocycles. The number of halogens is 1. The largest absolute Gasteiger partial charge is 0.361 e. The Kier molecular flexibility index (Phi) is 5.53. The summed E-state index contributed by atoms with van der Waals surface area (Å²) in [4.78, 5) is 28.2. The fourth-order valence-corrected chi connectivity index (χ4v) is 2.44. The highest BCUT2D eigenvalue weighted by molar-refractivity contribution is 5.99. The van der Waals surface area contributed by atoms with Crippen molar-refractivity contribution in [3.05, 3.63) is 35.8 Å². The van der Waals surface area contributed by atoms with E-state index in [0.29, 0.717) is 18.5 Å². The van der Waals surface area contributed by atoms with Crippen LogP contribution >= 0.6 is 0 Å². The molecule has 0 aliphatic carbocycles. The number of carbonyl (C=O) groups is 2. The molecule has 1 amide bonds. The fraction of sp³-hybridized carbons (Fsp3) is 0.333. The van der Waals surface area contributed by atoms with Gasteiger partial charge in [-0.25, -0.2) is 4.39 Å². The highest BCUT2D eigenvalue weighted by Gasteiger charge is 2.19. The van der Waals surface area contributed by atoms with Gasteiger partial charge in [-0.15, -0.1) is 0 Å². The molecule has 23 heavy (non-hydrogen) atoms. The number of rotatable bonds is 2. The van der Waals surface area contributed by atoms with Gasteiger partial charge >= 0.3 is 0 Å². The molecule has 0 unspecified atom stereocenters. The molecule has 0 saturated heterocycles. The lowest BCUT2D eigenvalue weighted by molar-refractivity contribution is -0.133.